The average molecular weight is 755 g/mol. The molecule has 0 saturated carbocycles. The smallest absolute Gasteiger partial charge is 0.331 e. The molecule has 4 aromatic carbocycles. The number of benzene rings is 4. The van der Waals surface area contributed by atoms with E-state index in [2.05, 4.69) is 16.0 Å². The summed E-state index contributed by atoms with van der Waals surface area (Å²) in [4.78, 5) is 48.0. The second kappa shape index (κ2) is 17.3. The fraction of sp³-hybridized carbons (Fsp3) is 0.326. The molecule has 0 aromatic heterocycles. The molecule has 2 heterocycles. The van der Waals surface area contributed by atoms with Crippen LogP contribution in [0.1, 0.15) is 49.9 Å². The van der Waals surface area contributed by atoms with Crippen molar-refractivity contribution in [1.82, 2.24) is 20.0 Å². The number of hydrogen-bond acceptors (Lipinski definition) is 6. The van der Waals surface area contributed by atoms with Crippen molar-refractivity contribution in [2.75, 3.05) is 23.7 Å². The van der Waals surface area contributed by atoms with Crippen LogP contribution in [-0.2, 0) is 4.79 Å². The molecule has 5 atom stereocenters. The minimum absolute atomic E-state index is 0.0582. The summed E-state index contributed by atoms with van der Waals surface area (Å²) in [5.41, 5.74) is 5.44. The van der Waals surface area contributed by atoms with Gasteiger partial charge in [-0.3, -0.25) is 19.5 Å². The summed E-state index contributed by atoms with van der Waals surface area (Å²) in [7, 11) is 0. The lowest BCUT2D eigenvalue weighted by atomic mass is 9.96. The van der Waals surface area contributed by atoms with Crippen molar-refractivity contribution < 1.29 is 19.5 Å². The molecule has 10 heteroatoms. The van der Waals surface area contributed by atoms with Crippen LogP contribution in [0.2, 0.25) is 0 Å². The van der Waals surface area contributed by atoms with Crippen molar-refractivity contribution in [3.05, 3.63) is 144 Å². The molecule has 4 aromatic rings. The van der Waals surface area contributed by atoms with E-state index >= 15 is 4.79 Å². The van der Waals surface area contributed by atoms with E-state index in [1.54, 1.807) is 0 Å². The molecule has 2 fully saturated rings. The van der Waals surface area contributed by atoms with Gasteiger partial charge in [-0.25, -0.2) is 9.59 Å². The highest BCUT2D eigenvalue weighted by molar-refractivity contribution is 6.06. The van der Waals surface area contributed by atoms with Gasteiger partial charge in [-0.05, 0) is 61.1 Å². The predicted molar refractivity (Wildman–Crippen MR) is 225 cm³/mol. The summed E-state index contributed by atoms with van der Waals surface area (Å²) in [6, 6.07) is 29.9. The van der Waals surface area contributed by atoms with Crippen LogP contribution in [0.15, 0.2) is 121 Å². The number of nitrogens with one attached hydrogen (secondary N) is 3. The fourth-order valence-electron chi connectivity index (χ4n) is 7.34. The summed E-state index contributed by atoms with van der Waals surface area (Å²) < 4.78 is 0. The van der Waals surface area contributed by atoms with E-state index in [-0.39, 0.29) is 24.9 Å². The lowest BCUT2D eigenvalue weighted by molar-refractivity contribution is -0.184. The Bertz CT molecular complexity index is 2020. The number of nitrogens with zero attached hydrogens (tertiary/aromatic N) is 3. The summed E-state index contributed by atoms with van der Waals surface area (Å²) in [6.45, 7) is 12.0. The first kappa shape index (κ1) is 39.8. The quantitative estimate of drug-likeness (QED) is 0.0916. The highest BCUT2D eigenvalue weighted by Gasteiger charge is 2.66. The molecule has 5 amide bonds. The molecular formula is C46H54N6O4. The van der Waals surface area contributed by atoms with Gasteiger partial charge in [0.05, 0.1) is 12.1 Å². The summed E-state index contributed by atoms with van der Waals surface area (Å²) in [6.07, 6.45) is 7.59. The number of urea groups is 2. The second-order valence-electron chi connectivity index (χ2n) is 15.7. The number of carbonyl (C=O) groups excluding carboxylic acids is 3. The van der Waals surface area contributed by atoms with Crippen LogP contribution in [0.25, 0.3) is 12.2 Å². The molecule has 0 bridgehead atoms. The number of anilines is 2. The van der Waals surface area contributed by atoms with Crippen molar-refractivity contribution >= 4 is 41.5 Å². The van der Waals surface area contributed by atoms with E-state index in [4.69, 9.17) is 0 Å². The molecule has 2 aliphatic rings. The molecule has 2 aliphatic heterocycles. The SMILES string of the molecule is Cc1ccc(N[C@H](/C=C/c2ccccc2)[C@@H]2C(=O)N(CC(C)C)C(=O)N2C2(O)[C@H]([C@@H](/C=C/c3ccccc3)Nc3ccc(C)cc3)NC(=O)N2CC(C)C)cc1. The Morgan fingerprint density at radius 3 is 1.62 bits per heavy atom. The Labute approximate surface area is 330 Å². The number of aryl methyl sites for hydroxylation is 2. The molecule has 56 heavy (non-hydrogen) atoms. The van der Waals surface area contributed by atoms with Crippen LogP contribution >= 0.6 is 0 Å². The first-order valence-corrected chi connectivity index (χ1v) is 19.4. The lowest BCUT2D eigenvalue weighted by Crippen LogP contribution is -2.71. The Hall–Kier alpha value is -5.87. The van der Waals surface area contributed by atoms with Crippen molar-refractivity contribution in [2.24, 2.45) is 11.8 Å². The molecule has 6 rings (SSSR count). The highest BCUT2D eigenvalue weighted by atomic mass is 16.4. The van der Waals surface area contributed by atoms with E-state index in [1.807, 2.05) is 175 Å². The average Bonchev–Trinajstić information content (AvgIpc) is 3.57. The maximum absolute atomic E-state index is 15.0. The van der Waals surface area contributed by atoms with E-state index in [0.717, 1.165) is 33.6 Å². The molecule has 4 N–H and O–H groups in total. The Kier molecular flexibility index (Phi) is 12.3. The molecule has 0 spiro atoms. The maximum atomic E-state index is 15.0. The molecule has 10 nitrogen and oxygen atoms in total. The predicted octanol–water partition coefficient (Wildman–Crippen LogP) is 7.98. The third kappa shape index (κ3) is 8.81. The van der Waals surface area contributed by atoms with Crippen molar-refractivity contribution in [1.29, 1.82) is 0 Å². The number of rotatable bonds is 15. The number of carbonyl (C=O) groups is 3. The number of imide groups is 1. The van der Waals surface area contributed by atoms with Gasteiger partial charge in [0.15, 0.2) is 0 Å². The summed E-state index contributed by atoms with van der Waals surface area (Å²) >= 11 is 0. The molecule has 0 aliphatic carbocycles. The van der Waals surface area contributed by atoms with Gasteiger partial charge in [-0.15, -0.1) is 0 Å². The zero-order chi connectivity index (χ0) is 40.0. The van der Waals surface area contributed by atoms with Crippen LogP contribution in [0.3, 0.4) is 0 Å². The monoisotopic (exact) mass is 754 g/mol. The lowest BCUT2D eigenvalue weighted by Gasteiger charge is -2.47. The molecule has 0 radical (unpaired) electrons. The second-order valence-corrected chi connectivity index (χ2v) is 15.7. The van der Waals surface area contributed by atoms with Gasteiger partial charge in [0.2, 0.25) is 0 Å². The van der Waals surface area contributed by atoms with Crippen molar-refractivity contribution in [2.45, 2.75) is 71.6 Å². The third-order valence-electron chi connectivity index (χ3n) is 10.1. The zero-order valence-corrected chi connectivity index (χ0v) is 33.1. The van der Waals surface area contributed by atoms with E-state index in [1.165, 1.54) is 14.7 Å². The number of hydrogen-bond donors (Lipinski definition) is 4. The normalized spacial score (nSPS) is 21.2. The van der Waals surface area contributed by atoms with Gasteiger partial charge < -0.3 is 21.1 Å². The maximum Gasteiger partial charge on any atom is 0.331 e. The summed E-state index contributed by atoms with van der Waals surface area (Å²) in [5.74, 6) is -2.93. The topological polar surface area (TPSA) is 117 Å². The van der Waals surface area contributed by atoms with Crippen molar-refractivity contribution in [3.63, 3.8) is 0 Å². The number of aliphatic hydroxyl groups is 1. The van der Waals surface area contributed by atoms with Crippen LogP contribution < -0.4 is 16.0 Å². The minimum Gasteiger partial charge on any atom is -0.376 e. The van der Waals surface area contributed by atoms with Crippen LogP contribution in [-0.4, -0.2) is 80.9 Å². The standard InChI is InChI=1S/C46H54N6O4/c1-31(2)29-50-43(53)41(39(27-21-35-13-9-7-10-14-35)47-37-23-17-33(5)18-24-37)52(45(50)55)46(56)42(49-44(54)51(46)30-32(3)4)40(28-22-36-15-11-8-12-16-36)48-38-25-19-34(6)20-26-38/h7-28,31-32,39-42,47-48,56H,29-30H2,1-6H3,(H,49,54)/b27-21+,28-22+/t39-,40-,41-,42+,46?/m1/s1. The van der Waals surface area contributed by atoms with Gasteiger partial charge in [0, 0.05) is 24.5 Å². The van der Waals surface area contributed by atoms with Crippen LogP contribution in [0, 0.1) is 25.7 Å². The zero-order valence-electron chi connectivity index (χ0n) is 33.1. The minimum atomic E-state index is -2.32. The Morgan fingerprint density at radius 2 is 1.14 bits per heavy atom. The van der Waals surface area contributed by atoms with Gasteiger partial charge in [-0.1, -0.05) is 148 Å². The van der Waals surface area contributed by atoms with Crippen LogP contribution in [0.4, 0.5) is 21.0 Å². The largest absolute Gasteiger partial charge is 0.376 e. The highest BCUT2D eigenvalue weighted by Crippen LogP contribution is 2.39. The van der Waals surface area contributed by atoms with Gasteiger partial charge in [0.25, 0.3) is 11.8 Å². The van der Waals surface area contributed by atoms with E-state index in [9.17, 15) is 14.7 Å². The first-order chi connectivity index (χ1) is 26.8. The first-order valence-electron chi connectivity index (χ1n) is 19.4. The molecule has 292 valence electrons. The van der Waals surface area contributed by atoms with Gasteiger partial charge in [-0.2, -0.15) is 0 Å². The fourth-order valence-corrected chi connectivity index (χ4v) is 7.34. The molecule has 1 unspecified atom stereocenters. The molecular weight excluding hydrogens is 701 g/mol. The van der Waals surface area contributed by atoms with Gasteiger partial charge >= 0.3 is 12.1 Å². The van der Waals surface area contributed by atoms with E-state index in [0.29, 0.717) is 0 Å². The Balaban J connectivity index is 1.54. The van der Waals surface area contributed by atoms with Crippen molar-refractivity contribution in [3.8, 4) is 0 Å². The summed E-state index contributed by atoms with van der Waals surface area (Å²) in [5, 5.41) is 23.7. The third-order valence-corrected chi connectivity index (χ3v) is 10.1. The van der Waals surface area contributed by atoms with Crippen LogP contribution in [0.5, 0.6) is 0 Å². The molecule has 2 saturated heterocycles. The van der Waals surface area contributed by atoms with E-state index < -0.39 is 48.0 Å². The Morgan fingerprint density at radius 1 is 0.679 bits per heavy atom. The number of amides is 5. The van der Waals surface area contributed by atoms with Gasteiger partial charge in [0.1, 0.15) is 12.1 Å².